The number of anilines is 1. The number of unbranched alkanes of at least 4 members (excludes halogenated alkanes) is 1. The van der Waals surface area contributed by atoms with Gasteiger partial charge in [0.15, 0.2) is 5.96 Å². The number of rotatable bonds is 10. The predicted molar refractivity (Wildman–Crippen MR) is 111 cm³/mol. The second kappa shape index (κ2) is 11.9. The molecule has 0 aliphatic heterocycles. The molecule has 1 aromatic carbocycles. The summed E-state index contributed by atoms with van der Waals surface area (Å²) in [5.41, 5.74) is 2.14. The van der Waals surface area contributed by atoms with Gasteiger partial charge in [0.2, 0.25) is 0 Å². The van der Waals surface area contributed by atoms with Crippen LogP contribution in [0.1, 0.15) is 30.9 Å². The lowest BCUT2D eigenvalue weighted by Crippen LogP contribution is -2.38. The van der Waals surface area contributed by atoms with Gasteiger partial charge >= 0.3 is 0 Å². The first-order chi connectivity index (χ1) is 13.2. The summed E-state index contributed by atoms with van der Waals surface area (Å²) in [7, 11) is 0. The van der Waals surface area contributed by atoms with Crippen LogP contribution in [0.15, 0.2) is 47.6 Å². The number of aryl methyl sites for hydroxylation is 1. The number of pyridine rings is 1. The van der Waals surface area contributed by atoms with Crippen molar-refractivity contribution in [2.75, 3.05) is 31.5 Å². The molecular formula is C21H30FN5. The summed E-state index contributed by atoms with van der Waals surface area (Å²) in [6.07, 6.45) is 4.67. The molecule has 0 saturated carbocycles. The van der Waals surface area contributed by atoms with E-state index in [1.807, 2.05) is 31.2 Å². The van der Waals surface area contributed by atoms with Crippen LogP contribution in [-0.4, -0.2) is 37.1 Å². The summed E-state index contributed by atoms with van der Waals surface area (Å²) < 4.78 is 13.2. The number of benzene rings is 1. The van der Waals surface area contributed by atoms with Crippen LogP contribution < -0.4 is 16.0 Å². The molecular weight excluding hydrogens is 341 g/mol. The number of guanidine groups is 1. The first-order valence-electron chi connectivity index (χ1n) is 9.61. The zero-order valence-electron chi connectivity index (χ0n) is 16.3. The Morgan fingerprint density at radius 2 is 2.00 bits per heavy atom. The highest BCUT2D eigenvalue weighted by Crippen LogP contribution is 2.10. The first kappa shape index (κ1) is 20.7. The molecule has 0 aliphatic carbocycles. The maximum atomic E-state index is 13.2. The van der Waals surface area contributed by atoms with Crippen LogP contribution >= 0.6 is 0 Å². The van der Waals surface area contributed by atoms with Crippen molar-refractivity contribution in [3.8, 4) is 0 Å². The fourth-order valence-corrected chi connectivity index (χ4v) is 2.71. The molecule has 3 N–H and O–H groups in total. The maximum absolute atomic E-state index is 13.2. The Morgan fingerprint density at radius 1 is 1.11 bits per heavy atom. The van der Waals surface area contributed by atoms with Gasteiger partial charge in [0.05, 0.1) is 0 Å². The van der Waals surface area contributed by atoms with Crippen LogP contribution in [0.2, 0.25) is 0 Å². The quantitative estimate of drug-likeness (QED) is 0.340. The average Bonchev–Trinajstić information content (AvgIpc) is 2.67. The summed E-state index contributed by atoms with van der Waals surface area (Å²) in [4.78, 5) is 8.86. The van der Waals surface area contributed by atoms with Gasteiger partial charge in [-0.3, -0.25) is 4.99 Å². The molecule has 0 bridgehead atoms. The van der Waals surface area contributed by atoms with E-state index in [2.05, 4.69) is 32.9 Å². The van der Waals surface area contributed by atoms with E-state index in [0.29, 0.717) is 0 Å². The van der Waals surface area contributed by atoms with Gasteiger partial charge in [0.25, 0.3) is 0 Å². The molecule has 0 spiro atoms. The number of aliphatic imine (C=N–C) groups is 1. The minimum atomic E-state index is -0.184. The van der Waals surface area contributed by atoms with Gasteiger partial charge in [-0.15, -0.1) is 0 Å². The van der Waals surface area contributed by atoms with Crippen molar-refractivity contribution in [2.45, 2.75) is 33.1 Å². The highest BCUT2D eigenvalue weighted by Gasteiger charge is 2.02. The van der Waals surface area contributed by atoms with Crippen molar-refractivity contribution in [2.24, 2.45) is 4.99 Å². The first-order valence-corrected chi connectivity index (χ1v) is 9.61. The monoisotopic (exact) mass is 371 g/mol. The van der Waals surface area contributed by atoms with Gasteiger partial charge in [-0.05, 0) is 68.5 Å². The van der Waals surface area contributed by atoms with Crippen molar-refractivity contribution in [3.05, 3.63) is 59.5 Å². The van der Waals surface area contributed by atoms with Crippen molar-refractivity contribution in [1.29, 1.82) is 0 Å². The minimum absolute atomic E-state index is 0.184. The van der Waals surface area contributed by atoms with Crippen molar-refractivity contribution < 1.29 is 4.39 Å². The molecule has 0 saturated heterocycles. The fourth-order valence-electron chi connectivity index (χ4n) is 2.71. The van der Waals surface area contributed by atoms with Gasteiger partial charge in [-0.1, -0.05) is 12.1 Å². The molecule has 0 radical (unpaired) electrons. The molecule has 1 heterocycles. The minimum Gasteiger partial charge on any atom is -0.370 e. The van der Waals surface area contributed by atoms with Crippen LogP contribution in [0.25, 0.3) is 0 Å². The number of hydrogen-bond donors (Lipinski definition) is 3. The van der Waals surface area contributed by atoms with E-state index in [1.54, 1.807) is 12.3 Å². The SMILES string of the molecule is CCNC(=NCCCCNc1ccccn1)NCCc1ccc(F)cc1C. The lowest BCUT2D eigenvalue weighted by Gasteiger charge is -2.12. The lowest BCUT2D eigenvalue weighted by molar-refractivity contribution is 0.625. The van der Waals surface area contributed by atoms with Crippen LogP contribution in [0.4, 0.5) is 10.2 Å². The Kier molecular flexibility index (Phi) is 9.10. The van der Waals surface area contributed by atoms with Gasteiger partial charge in [-0.2, -0.15) is 0 Å². The van der Waals surface area contributed by atoms with Crippen LogP contribution in [0.5, 0.6) is 0 Å². The van der Waals surface area contributed by atoms with E-state index < -0.39 is 0 Å². The van der Waals surface area contributed by atoms with Crippen LogP contribution in [-0.2, 0) is 6.42 Å². The third-order valence-electron chi connectivity index (χ3n) is 4.16. The predicted octanol–water partition coefficient (Wildman–Crippen LogP) is 3.52. The molecule has 6 heteroatoms. The normalized spacial score (nSPS) is 11.3. The lowest BCUT2D eigenvalue weighted by atomic mass is 10.1. The number of nitrogens with one attached hydrogen (secondary N) is 3. The zero-order valence-corrected chi connectivity index (χ0v) is 16.3. The molecule has 0 fully saturated rings. The highest BCUT2D eigenvalue weighted by molar-refractivity contribution is 5.79. The third kappa shape index (κ3) is 8.07. The largest absolute Gasteiger partial charge is 0.370 e. The van der Waals surface area contributed by atoms with Crippen molar-refractivity contribution >= 4 is 11.8 Å². The van der Waals surface area contributed by atoms with E-state index >= 15 is 0 Å². The molecule has 0 amide bonds. The Labute approximate surface area is 161 Å². The standard InChI is InChI=1S/C21H30FN5/c1-3-23-21(27-15-11-18-9-10-19(22)16-17(18)2)26-14-7-6-13-25-20-8-4-5-12-24-20/h4-5,8-10,12,16H,3,6-7,11,13-15H2,1-2H3,(H,24,25)(H2,23,26,27). The van der Waals surface area contributed by atoms with Crippen molar-refractivity contribution in [1.82, 2.24) is 15.6 Å². The topological polar surface area (TPSA) is 61.3 Å². The third-order valence-corrected chi connectivity index (χ3v) is 4.16. The van der Waals surface area contributed by atoms with Crippen LogP contribution in [0, 0.1) is 12.7 Å². The van der Waals surface area contributed by atoms with Gasteiger partial charge in [0.1, 0.15) is 11.6 Å². The average molecular weight is 372 g/mol. The molecule has 2 aromatic rings. The Hall–Kier alpha value is -2.63. The Bertz CT molecular complexity index is 703. The summed E-state index contributed by atoms with van der Waals surface area (Å²) in [5, 5.41) is 9.91. The zero-order chi connectivity index (χ0) is 19.3. The summed E-state index contributed by atoms with van der Waals surface area (Å²) in [6, 6.07) is 10.8. The van der Waals surface area contributed by atoms with E-state index in [0.717, 1.165) is 68.3 Å². The Morgan fingerprint density at radius 3 is 2.74 bits per heavy atom. The number of halogens is 1. The van der Waals surface area contributed by atoms with Gasteiger partial charge < -0.3 is 16.0 Å². The molecule has 2 rings (SSSR count). The summed E-state index contributed by atoms with van der Waals surface area (Å²) >= 11 is 0. The molecule has 146 valence electrons. The molecule has 5 nitrogen and oxygen atoms in total. The Balaban J connectivity index is 1.67. The fraction of sp³-hybridized carbons (Fsp3) is 0.429. The van der Waals surface area contributed by atoms with Gasteiger partial charge in [-0.25, -0.2) is 9.37 Å². The number of hydrogen-bond acceptors (Lipinski definition) is 3. The second-order valence-corrected chi connectivity index (χ2v) is 6.36. The molecule has 0 aliphatic rings. The van der Waals surface area contributed by atoms with E-state index in [9.17, 15) is 4.39 Å². The van der Waals surface area contributed by atoms with E-state index in [4.69, 9.17) is 0 Å². The number of nitrogens with zero attached hydrogens (tertiary/aromatic N) is 2. The highest BCUT2D eigenvalue weighted by atomic mass is 19.1. The second-order valence-electron chi connectivity index (χ2n) is 6.36. The van der Waals surface area contributed by atoms with Gasteiger partial charge in [0, 0.05) is 32.4 Å². The molecule has 0 unspecified atom stereocenters. The molecule has 27 heavy (non-hydrogen) atoms. The molecule has 1 aromatic heterocycles. The smallest absolute Gasteiger partial charge is 0.191 e. The number of aromatic nitrogens is 1. The van der Waals surface area contributed by atoms with Crippen molar-refractivity contribution in [3.63, 3.8) is 0 Å². The summed E-state index contributed by atoms with van der Waals surface area (Å²) in [6.45, 7) is 7.24. The van der Waals surface area contributed by atoms with E-state index in [1.165, 1.54) is 6.07 Å². The van der Waals surface area contributed by atoms with E-state index in [-0.39, 0.29) is 5.82 Å². The maximum Gasteiger partial charge on any atom is 0.191 e. The summed E-state index contributed by atoms with van der Waals surface area (Å²) in [5.74, 6) is 1.55. The molecule has 0 atom stereocenters. The van der Waals surface area contributed by atoms with Crippen LogP contribution in [0.3, 0.4) is 0 Å².